The summed E-state index contributed by atoms with van der Waals surface area (Å²) >= 11 is 0. The van der Waals surface area contributed by atoms with E-state index in [1.165, 1.54) is 0 Å². The fourth-order valence-electron chi connectivity index (χ4n) is 1.80. The molecule has 0 radical (unpaired) electrons. The van der Waals surface area contributed by atoms with Gasteiger partial charge < -0.3 is 16.2 Å². The van der Waals surface area contributed by atoms with E-state index in [-0.39, 0.29) is 12.6 Å². The third-order valence-electron chi connectivity index (χ3n) is 2.55. The molecule has 0 aliphatic heterocycles. The van der Waals surface area contributed by atoms with Gasteiger partial charge in [0.05, 0.1) is 18.0 Å². The second kappa shape index (κ2) is 5.01. The van der Waals surface area contributed by atoms with Crippen molar-refractivity contribution < 1.29 is 5.11 Å². The number of aromatic amines is 1. The molecule has 0 aromatic carbocycles. The summed E-state index contributed by atoms with van der Waals surface area (Å²) in [6.45, 7) is 4.27. The number of nitrogens with one attached hydrogen (secondary N) is 2. The Morgan fingerprint density at radius 1 is 1.39 bits per heavy atom. The number of aromatic nitrogens is 4. The van der Waals surface area contributed by atoms with Crippen LogP contribution in [0, 0.1) is 13.8 Å². The Bertz CT molecular complexity index is 531. The van der Waals surface area contributed by atoms with Crippen molar-refractivity contribution >= 4 is 11.8 Å². The van der Waals surface area contributed by atoms with E-state index in [9.17, 15) is 0 Å². The quantitative estimate of drug-likeness (QED) is 0.625. The van der Waals surface area contributed by atoms with E-state index < -0.39 is 0 Å². The lowest BCUT2D eigenvalue weighted by Crippen LogP contribution is -2.09. The predicted molar refractivity (Wildman–Crippen MR) is 69.1 cm³/mol. The predicted octanol–water partition coefficient (Wildman–Crippen LogP) is 0.470. The average molecular weight is 248 g/mol. The molecule has 0 atom stereocenters. The smallest absolute Gasteiger partial charge is 0.222 e. The number of aryl methyl sites for hydroxylation is 2. The van der Waals surface area contributed by atoms with Crippen molar-refractivity contribution in [2.75, 3.05) is 24.2 Å². The summed E-state index contributed by atoms with van der Waals surface area (Å²) in [5, 5.41) is 18.8. The molecule has 0 unspecified atom stereocenters. The number of hydrogen-bond donors (Lipinski definition) is 4. The average Bonchev–Trinajstić information content (AvgIpc) is 2.66. The van der Waals surface area contributed by atoms with Crippen molar-refractivity contribution in [3.05, 3.63) is 17.5 Å². The first kappa shape index (κ1) is 12.3. The maximum Gasteiger partial charge on any atom is 0.222 e. The number of hydrogen-bond acceptors (Lipinski definition) is 6. The van der Waals surface area contributed by atoms with E-state index in [1.54, 1.807) is 6.07 Å². The normalized spacial score (nSPS) is 10.6. The molecule has 7 heteroatoms. The molecule has 5 N–H and O–H groups in total. The summed E-state index contributed by atoms with van der Waals surface area (Å²) in [6.07, 6.45) is 0. The summed E-state index contributed by atoms with van der Waals surface area (Å²) in [5.41, 5.74) is 9.11. The number of nitrogens with zero attached hydrogens (tertiary/aromatic N) is 3. The zero-order chi connectivity index (χ0) is 13.1. The number of H-pyrrole nitrogens is 1. The van der Waals surface area contributed by atoms with Gasteiger partial charge in [0.2, 0.25) is 5.95 Å². The number of nitrogen functional groups attached to an aromatic ring is 1. The van der Waals surface area contributed by atoms with Crippen molar-refractivity contribution in [1.82, 2.24) is 20.2 Å². The molecule has 0 amide bonds. The monoisotopic (exact) mass is 248 g/mol. The van der Waals surface area contributed by atoms with Crippen LogP contribution in [-0.4, -0.2) is 38.4 Å². The highest BCUT2D eigenvalue weighted by atomic mass is 16.3. The maximum absolute atomic E-state index is 8.79. The van der Waals surface area contributed by atoms with Gasteiger partial charge in [0.1, 0.15) is 5.82 Å². The first-order valence-electron chi connectivity index (χ1n) is 5.63. The SMILES string of the molecule is Cc1n[nH]c(C)c1-c1cc(NCCO)nc(N)n1. The Balaban J connectivity index is 2.42. The molecule has 0 spiro atoms. The third-order valence-corrected chi connectivity index (χ3v) is 2.55. The van der Waals surface area contributed by atoms with Gasteiger partial charge in [-0.2, -0.15) is 10.1 Å². The summed E-state index contributed by atoms with van der Waals surface area (Å²) in [6, 6.07) is 1.79. The number of nitrogens with two attached hydrogens (primary N) is 1. The zero-order valence-electron chi connectivity index (χ0n) is 10.4. The Labute approximate surface area is 104 Å². The van der Waals surface area contributed by atoms with E-state index in [0.717, 1.165) is 17.0 Å². The molecular formula is C11H16N6O. The van der Waals surface area contributed by atoms with Gasteiger partial charge >= 0.3 is 0 Å². The fourth-order valence-corrected chi connectivity index (χ4v) is 1.80. The van der Waals surface area contributed by atoms with Crippen molar-refractivity contribution in [3.8, 4) is 11.3 Å². The lowest BCUT2D eigenvalue weighted by Gasteiger charge is -2.07. The van der Waals surface area contributed by atoms with Crippen molar-refractivity contribution in [1.29, 1.82) is 0 Å². The van der Waals surface area contributed by atoms with Crippen molar-refractivity contribution in [2.45, 2.75) is 13.8 Å². The van der Waals surface area contributed by atoms with Gasteiger partial charge in [-0.25, -0.2) is 4.98 Å². The minimum atomic E-state index is 0.0308. The van der Waals surface area contributed by atoms with Crippen LogP contribution in [0.3, 0.4) is 0 Å². The topological polar surface area (TPSA) is 113 Å². The molecule has 0 fully saturated rings. The minimum absolute atomic E-state index is 0.0308. The van der Waals surface area contributed by atoms with Gasteiger partial charge in [0.25, 0.3) is 0 Å². The van der Waals surface area contributed by atoms with Crippen molar-refractivity contribution in [3.63, 3.8) is 0 Å². The highest BCUT2D eigenvalue weighted by Gasteiger charge is 2.12. The largest absolute Gasteiger partial charge is 0.395 e. The maximum atomic E-state index is 8.79. The molecule has 0 saturated carbocycles. The van der Waals surface area contributed by atoms with Gasteiger partial charge in [-0.05, 0) is 13.8 Å². The Morgan fingerprint density at radius 2 is 2.17 bits per heavy atom. The fraction of sp³-hybridized carbons (Fsp3) is 0.364. The van der Waals surface area contributed by atoms with Gasteiger partial charge in [-0.3, -0.25) is 5.10 Å². The van der Waals surface area contributed by atoms with E-state index in [1.807, 2.05) is 13.8 Å². The molecule has 2 aromatic heterocycles. The number of anilines is 2. The van der Waals surface area contributed by atoms with Crippen LogP contribution in [0.15, 0.2) is 6.07 Å². The Hall–Kier alpha value is -2.15. The van der Waals surface area contributed by atoms with Gasteiger partial charge in [0, 0.05) is 23.9 Å². The number of aliphatic hydroxyl groups is 1. The lowest BCUT2D eigenvalue weighted by molar-refractivity contribution is 0.311. The molecular weight excluding hydrogens is 232 g/mol. The molecule has 0 saturated heterocycles. The number of aliphatic hydroxyl groups excluding tert-OH is 1. The molecule has 2 rings (SSSR count). The highest BCUT2D eigenvalue weighted by Crippen LogP contribution is 2.25. The van der Waals surface area contributed by atoms with Crippen molar-refractivity contribution in [2.24, 2.45) is 0 Å². The summed E-state index contributed by atoms with van der Waals surface area (Å²) in [5.74, 6) is 0.777. The second-order valence-corrected chi connectivity index (χ2v) is 3.96. The molecule has 18 heavy (non-hydrogen) atoms. The van der Waals surface area contributed by atoms with Gasteiger partial charge in [-0.15, -0.1) is 0 Å². The van der Waals surface area contributed by atoms with Crippen LogP contribution >= 0.6 is 0 Å². The van der Waals surface area contributed by atoms with Crippen LogP contribution in [0.2, 0.25) is 0 Å². The molecule has 0 aliphatic rings. The Kier molecular flexibility index (Phi) is 3.42. The van der Waals surface area contributed by atoms with Crippen LogP contribution in [0.25, 0.3) is 11.3 Å². The highest BCUT2D eigenvalue weighted by molar-refractivity contribution is 5.68. The number of rotatable bonds is 4. The molecule has 96 valence electrons. The van der Waals surface area contributed by atoms with Crippen LogP contribution in [0.5, 0.6) is 0 Å². The molecule has 2 heterocycles. The van der Waals surface area contributed by atoms with E-state index >= 15 is 0 Å². The third kappa shape index (κ3) is 2.40. The summed E-state index contributed by atoms with van der Waals surface area (Å²) in [4.78, 5) is 8.26. The molecule has 0 aliphatic carbocycles. The van der Waals surface area contributed by atoms with E-state index in [2.05, 4.69) is 25.5 Å². The van der Waals surface area contributed by atoms with Gasteiger partial charge in [-0.1, -0.05) is 0 Å². The van der Waals surface area contributed by atoms with Crippen LogP contribution in [-0.2, 0) is 0 Å². The Morgan fingerprint density at radius 3 is 2.78 bits per heavy atom. The van der Waals surface area contributed by atoms with E-state index in [0.29, 0.717) is 18.1 Å². The first-order valence-corrected chi connectivity index (χ1v) is 5.63. The molecule has 7 nitrogen and oxygen atoms in total. The lowest BCUT2D eigenvalue weighted by atomic mass is 10.1. The zero-order valence-corrected chi connectivity index (χ0v) is 10.4. The van der Waals surface area contributed by atoms with E-state index in [4.69, 9.17) is 10.8 Å². The molecule has 2 aromatic rings. The van der Waals surface area contributed by atoms with Crippen LogP contribution < -0.4 is 11.1 Å². The standard InChI is InChI=1S/C11H16N6O/c1-6-10(7(2)17-16-6)8-5-9(13-3-4-18)15-11(12)14-8/h5,18H,3-4H2,1-2H3,(H,16,17)(H3,12,13,14,15). The summed E-state index contributed by atoms with van der Waals surface area (Å²) < 4.78 is 0. The first-order chi connectivity index (χ1) is 8.61. The summed E-state index contributed by atoms with van der Waals surface area (Å²) in [7, 11) is 0. The van der Waals surface area contributed by atoms with Crippen LogP contribution in [0.1, 0.15) is 11.4 Å². The van der Waals surface area contributed by atoms with Crippen LogP contribution in [0.4, 0.5) is 11.8 Å². The van der Waals surface area contributed by atoms with Gasteiger partial charge in [0.15, 0.2) is 0 Å². The molecule has 0 bridgehead atoms. The second-order valence-electron chi connectivity index (χ2n) is 3.96. The minimum Gasteiger partial charge on any atom is -0.395 e.